The van der Waals surface area contributed by atoms with Crippen LogP contribution >= 0.6 is 0 Å². The number of nitrogens with two attached hydrogens (primary N) is 1. The number of rotatable bonds is 5. The number of anilines is 1. The van der Waals surface area contributed by atoms with E-state index in [4.69, 9.17) is 5.73 Å². The predicted molar refractivity (Wildman–Crippen MR) is 85.5 cm³/mol. The van der Waals surface area contributed by atoms with Crippen LogP contribution in [0.5, 0.6) is 0 Å². The molecule has 0 aliphatic rings. The molecule has 1 amide bonds. The molecule has 0 saturated carbocycles. The number of aryl methyl sites for hydroxylation is 2. The summed E-state index contributed by atoms with van der Waals surface area (Å²) in [6, 6.07) is 11.6. The van der Waals surface area contributed by atoms with Gasteiger partial charge in [-0.15, -0.1) is 0 Å². The molecular weight excluding hydrogens is 262 g/mol. The summed E-state index contributed by atoms with van der Waals surface area (Å²) < 4.78 is 0. The molecule has 0 aliphatic carbocycles. The van der Waals surface area contributed by atoms with Crippen molar-refractivity contribution in [2.45, 2.75) is 20.3 Å². The Morgan fingerprint density at radius 2 is 1.90 bits per heavy atom. The average Bonchev–Trinajstić information content (AvgIpc) is 2.49. The van der Waals surface area contributed by atoms with Crippen LogP contribution in [0.25, 0.3) is 0 Å². The SMILES string of the molecule is Cc1ccc(N(CCCN)C(=O)c2cccnc2C)cc1. The molecule has 1 aromatic carbocycles. The van der Waals surface area contributed by atoms with E-state index in [1.807, 2.05) is 44.2 Å². The maximum atomic E-state index is 12.8. The standard InChI is InChI=1S/C17H21N3O/c1-13-6-8-15(9-7-13)20(12-4-10-18)17(21)16-5-3-11-19-14(16)2/h3,5-9,11H,4,10,12,18H2,1-2H3. The van der Waals surface area contributed by atoms with Crippen LogP contribution in [-0.2, 0) is 0 Å². The molecule has 1 aromatic heterocycles. The van der Waals surface area contributed by atoms with Crippen LogP contribution in [0.1, 0.15) is 28.0 Å². The third-order valence-corrected chi connectivity index (χ3v) is 3.41. The van der Waals surface area contributed by atoms with Crippen molar-refractivity contribution in [2.75, 3.05) is 18.0 Å². The molecule has 2 N–H and O–H groups in total. The third kappa shape index (κ3) is 3.67. The molecule has 0 fully saturated rings. The molecule has 0 saturated heterocycles. The van der Waals surface area contributed by atoms with Gasteiger partial charge in [-0.25, -0.2) is 0 Å². The fourth-order valence-electron chi connectivity index (χ4n) is 2.18. The van der Waals surface area contributed by atoms with Gasteiger partial charge in [0.2, 0.25) is 0 Å². The van der Waals surface area contributed by atoms with E-state index in [0.717, 1.165) is 17.8 Å². The molecule has 0 atom stereocenters. The Balaban J connectivity index is 2.33. The summed E-state index contributed by atoms with van der Waals surface area (Å²) in [6.07, 6.45) is 2.46. The topological polar surface area (TPSA) is 59.2 Å². The van der Waals surface area contributed by atoms with Crippen LogP contribution in [0.3, 0.4) is 0 Å². The van der Waals surface area contributed by atoms with Gasteiger partial charge in [0.15, 0.2) is 0 Å². The van der Waals surface area contributed by atoms with Crippen LogP contribution in [0.4, 0.5) is 5.69 Å². The number of carbonyl (C=O) groups excluding carboxylic acids is 1. The highest BCUT2D eigenvalue weighted by molar-refractivity contribution is 6.06. The molecule has 2 aromatic rings. The quantitative estimate of drug-likeness (QED) is 0.917. The van der Waals surface area contributed by atoms with Crippen LogP contribution < -0.4 is 10.6 Å². The minimum atomic E-state index is -0.0297. The third-order valence-electron chi connectivity index (χ3n) is 3.41. The highest BCUT2D eigenvalue weighted by Gasteiger charge is 2.19. The van der Waals surface area contributed by atoms with Gasteiger partial charge in [-0.05, 0) is 51.1 Å². The lowest BCUT2D eigenvalue weighted by atomic mass is 10.1. The van der Waals surface area contributed by atoms with Crippen molar-refractivity contribution in [2.24, 2.45) is 5.73 Å². The minimum absolute atomic E-state index is 0.0297. The highest BCUT2D eigenvalue weighted by Crippen LogP contribution is 2.19. The maximum Gasteiger partial charge on any atom is 0.260 e. The monoisotopic (exact) mass is 283 g/mol. The van der Waals surface area contributed by atoms with Gasteiger partial charge in [0.25, 0.3) is 5.91 Å². The molecule has 0 spiro atoms. The molecule has 21 heavy (non-hydrogen) atoms. The summed E-state index contributed by atoms with van der Waals surface area (Å²) in [5, 5.41) is 0. The first-order valence-electron chi connectivity index (χ1n) is 7.13. The molecule has 110 valence electrons. The average molecular weight is 283 g/mol. The number of aromatic nitrogens is 1. The maximum absolute atomic E-state index is 12.8. The summed E-state index contributed by atoms with van der Waals surface area (Å²) in [7, 11) is 0. The van der Waals surface area contributed by atoms with Gasteiger partial charge in [-0.2, -0.15) is 0 Å². The Morgan fingerprint density at radius 3 is 2.52 bits per heavy atom. The van der Waals surface area contributed by atoms with Gasteiger partial charge < -0.3 is 10.6 Å². The Kier molecular flexibility index (Phi) is 5.06. The lowest BCUT2D eigenvalue weighted by Gasteiger charge is -2.23. The van der Waals surface area contributed by atoms with Gasteiger partial charge in [0, 0.05) is 24.1 Å². The minimum Gasteiger partial charge on any atom is -0.330 e. The number of benzene rings is 1. The van der Waals surface area contributed by atoms with Gasteiger partial charge in [-0.1, -0.05) is 17.7 Å². The van der Waals surface area contributed by atoms with Crippen molar-refractivity contribution < 1.29 is 4.79 Å². The normalized spacial score (nSPS) is 10.4. The van der Waals surface area contributed by atoms with E-state index < -0.39 is 0 Å². The van der Waals surface area contributed by atoms with Gasteiger partial charge in [0.1, 0.15) is 0 Å². The largest absolute Gasteiger partial charge is 0.330 e. The Labute approximate surface area is 125 Å². The van der Waals surface area contributed by atoms with Crippen LogP contribution in [0.2, 0.25) is 0 Å². The summed E-state index contributed by atoms with van der Waals surface area (Å²) in [4.78, 5) is 18.8. The first kappa shape index (κ1) is 15.2. The van der Waals surface area contributed by atoms with E-state index in [1.54, 1.807) is 17.2 Å². The number of carbonyl (C=O) groups is 1. The van der Waals surface area contributed by atoms with E-state index in [-0.39, 0.29) is 5.91 Å². The molecule has 1 heterocycles. The summed E-state index contributed by atoms with van der Waals surface area (Å²) in [6.45, 7) is 5.04. The predicted octanol–water partition coefficient (Wildman–Crippen LogP) is 2.69. The van der Waals surface area contributed by atoms with Crippen LogP contribution in [0, 0.1) is 13.8 Å². The van der Waals surface area contributed by atoms with Crippen molar-refractivity contribution >= 4 is 11.6 Å². The number of hydrogen-bond donors (Lipinski definition) is 1. The first-order chi connectivity index (χ1) is 10.1. The fourth-order valence-corrected chi connectivity index (χ4v) is 2.18. The Bertz CT molecular complexity index is 608. The van der Waals surface area contributed by atoms with Crippen molar-refractivity contribution in [1.82, 2.24) is 4.98 Å². The van der Waals surface area contributed by atoms with E-state index in [0.29, 0.717) is 18.7 Å². The molecular formula is C17H21N3O. The zero-order valence-corrected chi connectivity index (χ0v) is 12.5. The second-order valence-corrected chi connectivity index (χ2v) is 5.07. The molecule has 0 radical (unpaired) electrons. The Morgan fingerprint density at radius 1 is 1.19 bits per heavy atom. The lowest BCUT2D eigenvalue weighted by Crippen LogP contribution is -2.33. The van der Waals surface area contributed by atoms with E-state index in [2.05, 4.69) is 4.98 Å². The number of pyridine rings is 1. The molecule has 0 unspecified atom stereocenters. The van der Waals surface area contributed by atoms with Crippen molar-refractivity contribution in [1.29, 1.82) is 0 Å². The second kappa shape index (κ2) is 6.99. The number of hydrogen-bond acceptors (Lipinski definition) is 3. The van der Waals surface area contributed by atoms with Crippen molar-refractivity contribution in [3.63, 3.8) is 0 Å². The Hall–Kier alpha value is -2.20. The molecule has 2 rings (SSSR count). The molecule has 4 nitrogen and oxygen atoms in total. The first-order valence-corrected chi connectivity index (χ1v) is 7.13. The fraction of sp³-hybridized carbons (Fsp3) is 0.294. The molecule has 4 heteroatoms. The zero-order chi connectivity index (χ0) is 15.2. The number of nitrogens with zero attached hydrogens (tertiary/aromatic N) is 2. The lowest BCUT2D eigenvalue weighted by molar-refractivity contribution is 0.0986. The van der Waals surface area contributed by atoms with E-state index >= 15 is 0 Å². The van der Waals surface area contributed by atoms with E-state index in [1.165, 1.54) is 5.56 Å². The van der Waals surface area contributed by atoms with Gasteiger partial charge in [-0.3, -0.25) is 9.78 Å². The zero-order valence-electron chi connectivity index (χ0n) is 12.5. The summed E-state index contributed by atoms with van der Waals surface area (Å²) in [5.74, 6) is -0.0297. The van der Waals surface area contributed by atoms with Crippen molar-refractivity contribution in [3.05, 3.63) is 59.4 Å². The highest BCUT2D eigenvalue weighted by atomic mass is 16.2. The molecule has 0 aliphatic heterocycles. The van der Waals surface area contributed by atoms with Crippen molar-refractivity contribution in [3.8, 4) is 0 Å². The van der Waals surface area contributed by atoms with Gasteiger partial charge >= 0.3 is 0 Å². The van der Waals surface area contributed by atoms with Gasteiger partial charge in [0.05, 0.1) is 5.56 Å². The van der Waals surface area contributed by atoms with E-state index in [9.17, 15) is 4.79 Å². The summed E-state index contributed by atoms with van der Waals surface area (Å²) in [5.41, 5.74) is 9.03. The second-order valence-electron chi connectivity index (χ2n) is 5.07. The van der Waals surface area contributed by atoms with Crippen LogP contribution in [-0.4, -0.2) is 24.0 Å². The smallest absolute Gasteiger partial charge is 0.260 e. The molecule has 0 bridgehead atoms. The number of amides is 1. The van der Waals surface area contributed by atoms with Crippen LogP contribution in [0.15, 0.2) is 42.6 Å². The summed E-state index contributed by atoms with van der Waals surface area (Å²) >= 11 is 0.